The number of carboxylic acid groups (broad SMARTS) is 1. The highest BCUT2D eigenvalue weighted by Crippen LogP contribution is 2.27. The zero-order valence-corrected chi connectivity index (χ0v) is 6.90. The minimum Gasteiger partial charge on any atom is -0.474 e. The second kappa shape index (κ2) is 3.18. The first-order valence-electron chi connectivity index (χ1n) is 4.07. The Balaban J connectivity index is 2.16. The third-order valence-electron chi connectivity index (χ3n) is 1.96. The van der Waals surface area contributed by atoms with E-state index in [2.05, 4.69) is 4.98 Å². The average Bonchev–Trinajstić information content (AvgIpc) is 2.75. The van der Waals surface area contributed by atoms with Gasteiger partial charge in [0, 0.05) is 6.61 Å². The number of rotatable bonds is 2. The lowest BCUT2D eigenvalue weighted by molar-refractivity contribution is 0.0653. The number of hydrogen-bond donors (Lipinski definition) is 1. The van der Waals surface area contributed by atoms with E-state index in [0.29, 0.717) is 12.3 Å². The molecule has 1 aromatic heterocycles. The zero-order chi connectivity index (χ0) is 9.26. The smallest absolute Gasteiger partial charge is 0.392 e. The van der Waals surface area contributed by atoms with Gasteiger partial charge in [-0.15, -0.1) is 0 Å². The van der Waals surface area contributed by atoms with Gasteiger partial charge in [-0.05, 0) is 12.8 Å². The lowest BCUT2D eigenvalue weighted by atomic mass is 10.2. The number of carbonyl (C=O) groups is 1. The largest absolute Gasteiger partial charge is 0.474 e. The van der Waals surface area contributed by atoms with Crippen LogP contribution in [0, 0.1) is 0 Å². The second-order valence-electron chi connectivity index (χ2n) is 2.88. The van der Waals surface area contributed by atoms with Gasteiger partial charge < -0.3 is 14.3 Å². The highest BCUT2D eigenvalue weighted by atomic mass is 16.5. The summed E-state index contributed by atoms with van der Waals surface area (Å²) in [5, 5.41) is 8.54. The molecule has 13 heavy (non-hydrogen) atoms. The molecule has 0 amide bonds. The van der Waals surface area contributed by atoms with Crippen LogP contribution in [-0.2, 0) is 4.74 Å². The summed E-state index contributed by atoms with van der Waals surface area (Å²) >= 11 is 0. The van der Waals surface area contributed by atoms with E-state index in [1.54, 1.807) is 0 Å². The summed E-state index contributed by atoms with van der Waals surface area (Å²) in [6, 6.07) is 0. The SMILES string of the molecule is O=C(O)c1nc(C2CCCO2)co1. The van der Waals surface area contributed by atoms with Crippen LogP contribution in [-0.4, -0.2) is 22.7 Å². The molecule has 2 heterocycles. The normalized spacial score (nSPS) is 22.0. The Morgan fingerprint density at radius 2 is 2.54 bits per heavy atom. The van der Waals surface area contributed by atoms with E-state index in [1.165, 1.54) is 6.26 Å². The van der Waals surface area contributed by atoms with Gasteiger partial charge in [-0.3, -0.25) is 0 Å². The molecule has 0 spiro atoms. The highest BCUT2D eigenvalue weighted by molar-refractivity contribution is 5.82. The summed E-state index contributed by atoms with van der Waals surface area (Å²) in [6.07, 6.45) is 3.13. The molecule has 1 atom stereocenters. The molecule has 0 aromatic carbocycles. The Hall–Kier alpha value is -1.36. The maximum atomic E-state index is 10.4. The van der Waals surface area contributed by atoms with Crippen LogP contribution < -0.4 is 0 Å². The molecule has 1 N–H and O–H groups in total. The van der Waals surface area contributed by atoms with Crippen molar-refractivity contribution in [1.29, 1.82) is 0 Å². The molecule has 2 rings (SSSR count). The summed E-state index contributed by atoms with van der Waals surface area (Å²) in [7, 11) is 0. The molecule has 1 fully saturated rings. The quantitative estimate of drug-likeness (QED) is 0.746. The lowest BCUT2D eigenvalue weighted by Crippen LogP contribution is -1.99. The maximum Gasteiger partial charge on any atom is 0.392 e. The predicted octanol–water partition coefficient (Wildman–Crippen LogP) is 1.22. The Morgan fingerprint density at radius 3 is 3.08 bits per heavy atom. The van der Waals surface area contributed by atoms with Crippen LogP contribution in [0.5, 0.6) is 0 Å². The molecule has 0 radical (unpaired) electrons. The number of hydrogen-bond acceptors (Lipinski definition) is 4. The molecule has 5 nitrogen and oxygen atoms in total. The van der Waals surface area contributed by atoms with Crippen molar-refractivity contribution in [2.45, 2.75) is 18.9 Å². The minimum atomic E-state index is -1.15. The van der Waals surface area contributed by atoms with Crippen molar-refractivity contribution in [3.05, 3.63) is 17.8 Å². The van der Waals surface area contributed by atoms with E-state index in [-0.39, 0.29) is 12.0 Å². The van der Waals surface area contributed by atoms with E-state index in [1.807, 2.05) is 0 Å². The topological polar surface area (TPSA) is 72.6 Å². The molecule has 1 aromatic rings. The summed E-state index contributed by atoms with van der Waals surface area (Å²) in [5.41, 5.74) is 0.579. The van der Waals surface area contributed by atoms with E-state index >= 15 is 0 Å². The van der Waals surface area contributed by atoms with E-state index in [9.17, 15) is 4.79 Å². The van der Waals surface area contributed by atoms with E-state index < -0.39 is 5.97 Å². The van der Waals surface area contributed by atoms with Crippen LogP contribution in [0.1, 0.15) is 35.3 Å². The van der Waals surface area contributed by atoms with Gasteiger partial charge in [0.25, 0.3) is 0 Å². The van der Waals surface area contributed by atoms with Gasteiger partial charge in [-0.25, -0.2) is 9.78 Å². The number of aromatic nitrogens is 1. The zero-order valence-electron chi connectivity index (χ0n) is 6.90. The third kappa shape index (κ3) is 1.55. The van der Waals surface area contributed by atoms with Crippen LogP contribution in [0.3, 0.4) is 0 Å². The first-order valence-corrected chi connectivity index (χ1v) is 4.07. The third-order valence-corrected chi connectivity index (χ3v) is 1.96. The number of carboxylic acids is 1. The molecule has 0 bridgehead atoms. The van der Waals surface area contributed by atoms with Crippen molar-refractivity contribution in [2.24, 2.45) is 0 Å². The summed E-state index contributed by atoms with van der Waals surface area (Å²) < 4.78 is 10.1. The molecule has 5 heteroatoms. The second-order valence-corrected chi connectivity index (χ2v) is 2.88. The average molecular weight is 183 g/mol. The van der Waals surface area contributed by atoms with Crippen LogP contribution in [0.25, 0.3) is 0 Å². The fraction of sp³-hybridized carbons (Fsp3) is 0.500. The molecule has 0 aliphatic carbocycles. The minimum absolute atomic E-state index is 0.0863. The first-order chi connectivity index (χ1) is 6.27. The molecular formula is C8H9NO4. The van der Waals surface area contributed by atoms with Crippen molar-refractivity contribution in [1.82, 2.24) is 4.98 Å². The monoisotopic (exact) mass is 183 g/mol. The van der Waals surface area contributed by atoms with Gasteiger partial charge in [0.2, 0.25) is 0 Å². The van der Waals surface area contributed by atoms with Crippen molar-refractivity contribution in [3.63, 3.8) is 0 Å². The van der Waals surface area contributed by atoms with Crippen molar-refractivity contribution < 1.29 is 19.1 Å². The molecule has 1 aliphatic heterocycles. The van der Waals surface area contributed by atoms with Gasteiger partial charge in [-0.2, -0.15) is 0 Å². The van der Waals surface area contributed by atoms with Crippen LogP contribution in [0.4, 0.5) is 0 Å². The molecule has 1 aliphatic rings. The van der Waals surface area contributed by atoms with Crippen LogP contribution in [0.2, 0.25) is 0 Å². The molecule has 70 valence electrons. The van der Waals surface area contributed by atoms with Crippen molar-refractivity contribution >= 4 is 5.97 Å². The predicted molar refractivity (Wildman–Crippen MR) is 41.4 cm³/mol. The Bertz CT molecular complexity index is 314. The van der Waals surface area contributed by atoms with Gasteiger partial charge in [0.1, 0.15) is 18.1 Å². The Kier molecular flexibility index (Phi) is 2.02. The fourth-order valence-electron chi connectivity index (χ4n) is 1.34. The van der Waals surface area contributed by atoms with Gasteiger partial charge in [0.15, 0.2) is 0 Å². The Labute approximate surface area is 74.3 Å². The highest BCUT2D eigenvalue weighted by Gasteiger charge is 2.22. The Morgan fingerprint density at radius 1 is 1.69 bits per heavy atom. The maximum absolute atomic E-state index is 10.4. The fourth-order valence-corrected chi connectivity index (χ4v) is 1.34. The van der Waals surface area contributed by atoms with E-state index in [0.717, 1.165) is 12.8 Å². The van der Waals surface area contributed by atoms with Crippen molar-refractivity contribution in [3.8, 4) is 0 Å². The summed E-state index contributed by atoms with van der Waals surface area (Å²) in [4.78, 5) is 14.2. The molecule has 1 saturated heterocycles. The number of ether oxygens (including phenoxy) is 1. The number of oxazole rings is 1. The first kappa shape index (κ1) is 8.25. The van der Waals surface area contributed by atoms with Crippen LogP contribution in [0.15, 0.2) is 10.7 Å². The van der Waals surface area contributed by atoms with Crippen LogP contribution >= 0.6 is 0 Å². The van der Waals surface area contributed by atoms with Crippen molar-refractivity contribution in [2.75, 3.05) is 6.61 Å². The van der Waals surface area contributed by atoms with Gasteiger partial charge >= 0.3 is 11.9 Å². The standard InChI is InChI=1S/C8H9NO4/c10-8(11)7-9-5(4-13-7)6-2-1-3-12-6/h4,6H,1-3H2,(H,10,11). The number of aromatic carboxylic acids is 1. The summed E-state index contributed by atoms with van der Waals surface area (Å²) in [5.74, 6) is -1.42. The molecule has 1 unspecified atom stereocenters. The number of nitrogens with zero attached hydrogens (tertiary/aromatic N) is 1. The van der Waals surface area contributed by atoms with Gasteiger partial charge in [-0.1, -0.05) is 0 Å². The summed E-state index contributed by atoms with van der Waals surface area (Å²) in [6.45, 7) is 0.708. The lowest BCUT2D eigenvalue weighted by Gasteiger charge is -2.02. The molecule has 0 saturated carbocycles. The molecular weight excluding hydrogens is 174 g/mol. The van der Waals surface area contributed by atoms with E-state index in [4.69, 9.17) is 14.3 Å². The van der Waals surface area contributed by atoms with Gasteiger partial charge in [0.05, 0.1) is 0 Å².